The SMILES string of the molecule is CC(C)N(CC(N)=O)c1cc(C=O)ccc1C=O. The van der Waals surface area contributed by atoms with Crippen LogP contribution in [0.2, 0.25) is 0 Å². The van der Waals surface area contributed by atoms with Crippen molar-refractivity contribution in [1.29, 1.82) is 0 Å². The number of benzene rings is 1. The van der Waals surface area contributed by atoms with Crippen molar-refractivity contribution in [3.63, 3.8) is 0 Å². The van der Waals surface area contributed by atoms with Gasteiger partial charge in [-0.2, -0.15) is 0 Å². The second-order valence-corrected chi connectivity index (χ2v) is 4.24. The van der Waals surface area contributed by atoms with Crippen molar-refractivity contribution < 1.29 is 14.4 Å². The van der Waals surface area contributed by atoms with E-state index in [4.69, 9.17) is 5.73 Å². The quantitative estimate of drug-likeness (QED) is 0.762. The highest BCUT2D eigenvalue weighted by atomic mass is 16.1. The molecule has 0 saturated carbocycles. The van der Waals surface area contributed by atoms with Gasteiger partial charge in [-0.3, -0.25) is 14.4 Å². The van der Waals surface area contributed by atoms with Crippen LogP contribution in [-0.4, -0.2) is 31.1 Å². The lowest BCUT2D eigenvalue weighted by molar-refractivity contribution is -0.116. The molecule has 5 nitrogen and oxygen atoms in total. The van der Waals surface area contributed by atoms with Crippen LogP contribution < -0.4 is 10.6 Å². The van der Waals surface area contributed by atoms with E-state index in [1.807, 2.05) is 13.8 Å². The lowest BCUT2D eigenvalue weighted by atomic mass is 10.1. The van der Waals surface area contributed by atoms with E-state index >= 15 is 0 Å². The van der Waals surface area contributed by atoms with Gasteiger partial charge in [-0.25, -0.2) is 0 Å². The molecular formula is C13H16N2O3. The molecule has 0 aliphatic rings. The molecule has 0 fully saturated rings. The smallest absolute Gasteiger partial charge is 0.236 e. The zero-order valence-corrected chi connectivity index (χ0v) is 10.4. The van der Waals surface area contributed by atoms with E-state index in [1.165, 1.54) is 0 Å². The third-order valence-electron chi connectivity index (χ3n) is 2.58. The molecule has 96 valence electrons. The Bertz CT molecular complexity index is 469. The second-order valence-electron chi connectivity index (χ2n) is 4.24. The highest BCUT2D eigenvalue weighted by molar-refractivity contribution is 5.90. The number of amides is 1. The Labute approximate surface area is 106 Å². The minimum atomic E-state index is -0.489. The lowest BCUT2D eigenvalue weighted by Crippen LogP contribution is -2.39. The first-order valence-electron chi connectivity index (χ1n) is 5.59. The average molecular weight is 248 g/mol. The summed E-state index contributed by atoms with van der Waals surface area (Å²) in [5, 5.41) is 0. The Hall–Kier alpha value is -2.17. The summed E-state index contributed by atoms with van der Waals surface area (Å²) in [6, 6.07) is 4.68. The van der Waals surface area contributed by atoms with Gasteiger partial charge in [0.05, 0.1) is 6.54 Å². The van der Waals surface area contributed by atoms with Crippen molar-refractivity contribution in [2.45, 2.75) is 19.9 Å². The van der Waals surface area contributed by atoms with Crippen LogP contribution in [0, 0.1) is 0 Å². The Kier molecular flexibility index (Phi) is 4.59. The maximum atomic E-state index is 11.1. The van der Waals surface area contributed by atoms with Gasteiger partial charge >= 0.3 is 0 Å². The third kappa shape index (κ3) is 3.16. The van der Waals surface area contributed by atoms with Crippen LogP contribution in [-0.2, 0) is 4.79 Å². The molecule has 0 aliphatic heterocycles. The molecule has 1 rings (SSSR count). The van der Waals surface area contributed by atoms with Gasteiger partial charge in [-0.1, -0.05) is 6.07 Å². The molecule has 5 heteroatoms. The topological polar surface area (TPSA) is 80.5 Å². The van der Waals surface area contributed by atoms with Crippen molar-refractivity contribution in [3.8, 4) is 0 Å². The molecule has 0 heterocycles. The molecule has 0 spiro atoms. The van der Waals surface area contributed by atoms with Crippen molar-refractivity contribution >= 4 is 24.2 Å². The number of carbonyl (C=O) groups is 3. The van der Waals surface area contributed by atoms with Crippen LogP contribution in [0.5, 0.6) is 0 Å². The van der Waals surface area contributed by atoms with E-state index in [2.05, 4.69) is 0 Å². The normalized spacial score (nSPS) is 10.2. The van der Waals surface area contributed by atoms with Gasteiger partial charge in [0.2, 0.25) is 5.91 Å². The first-order valence-corrected chi connectivity index (χ1v) is 5.59. The summed E-state index contributed by atoms with van der Waals surface area (Å²) in [6.07, 6.45) is 1.39. The van der Waals surface area contributed by atoms with Gasteiger partial charge in [0.15, 0.2) is 6.29 Å². The fourth-order valence-electron chi connectivity index (χ4n) is 1.70. The van der Waals surface area contributed by atoms with E-state index in [-0.39, 0.29) is 12.6 Å². The molecular weight excluding hydrogens is 232 g/mol. The predicted molar refractivity (Wildman–Crippen MR) is 68.9 cm³/mol. The number of primary amides is 1. The Morgan fingerprint density at radius 3 is 2.44 bits per heavy atom. The molecule has 0 bridgehead atoms. The molecule has 0 radical (unpaired) electrons. The summed E-state index contributed by atoms with van der Waals surface area (Å²) in [5.41, 5.74) is 6.61. The molecule has 1 aromatic carbocycles. The van der Waals surface area contributed by atoms with Crippen LogP contribution in [0.4, 0.5) is 5.69 Å². The number of anilines is 1. The van der Waals surface area contributed by atoms with Gasteiger partial charge in [0.1, 0.15) is 6.29 Å². The van der Waals surface area contributed by atoms with E-state index < -0.39 is 5.91 Å². The fourth-order valence-corrected chi connectivity index (χ4v) is 1.70. The van der Waals surface area contributed by atoms with Gasteiger partial charge in [-0.05, 0) is 26.0 Å². The number of rotatable bonds is 6. The highest BCUT2D eigenvalue weighted by Crippen LogP contribution is 2.22. The highest BCUT2D eigenvalue weighted by Gasteiger charge is 2.16. The monoisotopic (exact) mass is 248 g/mol. The minimum Gasteiger partial charge on any atom is -0.368 e. The van der Waals surface area contributed by atoms with Gasteiger partial charge < -0.3 is 10.6 Å². The molecule has 0 aliphatic carbocycles. The van der Waals surface area contributed by atoms with E-state index in [0.29, 0.717) is 29.4 Å². The van der Waals surface area contributed by atoms with Crippen molar-refractivity contribution in [2.75, 3.05) is 11.4 Å². The van der Waals surface area contributed by atoms with Crippen molar-refractivity contribution in [1.82, 2.24) is 0 Å². The molecule has 1 aromatic rings. The summed E-state index contributed by atoms with van der Waals surface area (Å²) >= 11 is 0. The number of aldehydes is 2. The molecule has 0 saturated heterocycles. The summed E-state index contributed by atoms with van der Waals surface area (Å²) in [4.78, 5) is 34.5. The fraction of sp³-hybridized carbons (Fsp3) is 0.308. The number of carbonyl (C=O) groups excluding carboxylic acids is 3. The van der Waals surface area contributed by atoms with Gasteiger partial charge in [0, 0.05) is 22.9 Å². The summed E-state index contributed by atoms with van der Waals surface area (Å²) < 4.78 is 0. The average Bonchev–Trinajstić information content (AvgIpc) is 2.34. The van der Waals surface area contributed by atoms with Crippen molar-refractivity contribution in [2.24, 2.45) is 5.73 Å². The molecule has 2 N–H and O–H groups in total. The van der Waals surface area contributed by atoms with Crippen LogP contribution in [0.1, 0.15) is 34.6 Å². The summed E-state index contributed by atoms with van der Waals surface area (Å²) in [7, 11) is 0. The van der Waals surface area contributed by atoms with E-state index in [0.717, 1.165) is 0 Å². The maximum Gasteiger partial charge on any atom is 0.236 e. The van der Waals surface area contributed by atoms with E-state index in [9.17, 15) is 14.4 Å². The molecule has 0 atom stereocenters. The third-order valence-corrected chi connectivity index (χ3v) is 2.58. The lowest BCUT2D eigenvalue weighted by Gasteiger charge is -2.29. The Morgan fingerprint density at radius 1 is 1.33 bits per heavy atom. The van der Waals surface area contributed by atoms with Gasteiger partial charge in [-0.15, -0.1) is 0 Å². The second kappa shape index (κ2) is 5.95. The zero-order valence-electron chi connectivity index (χ0n) is 10.4. The first-order chi connectivity index (χ1) is 8.49. The molecule has 18 heavy (non-hydrogen) atoms. The van der Waals surface area contributed by atoms with Crippen LogP contribution in [0.15, 0.2) is 18.2 Å². The first kappa shape index (κ1) is 13.9. The van der Waals surface area contributed by atoms with Crippen LogP contribution in [0.25, 0.3) is 0 Å². The number of hydrogen-bond acceptors (Lipinski definition) is 4. The van der Waals surface area contributed by atoms with Crippen LogP contribution in [0.3, 0.4) is 0 Å². The standard InChI is InChI=1S/C13H16N2O3/c1-9(2)15(6-13(14)18)12-5-10(7-16)3-4-11(12)8-17/h3-5,7-9H,6H2,1-2H3,(H2,14,18). The number of nitrogens with zero attached hydrogens (tertiary/aromatic N) is 1. The van der Waals surface area contributed by atoms with Gasteiger partial charge in [0.25, 0.3) is 0 Å². The number of nitrogens with two attached hydrogens (primary N) is 1. The van der Waals surface area contributed by atoms with E-state index in [1.54, 1.807) is 23.1 Å². The Balaban J connectivity index is 3.27. The number of hydrogen-bond donors (Lipinski definition) is 1. The minimum absolute atomic E-state index is 0.000811. The Morgan fingerprint density at radius 2 is 2.00 bits per heavy atom. The van der Waals surface area contributed by atoms with Crippen molar-refractivity contribution in [3.05, 3.63) is 29.3 Å². The largest absolute Gasteiger partial charge is 0.368 e. The molecule has 0 aromatic heterocycles. The predicted octanol–water partition coefficient (Wildman–Crippen LogP) is 1.01. The van der Waals surface area contributed by atoms with Crippen LogP contribution >= 0.6 is 0 Å². The molecule has 1 amide bonds. The molecule has 0 unspecified atom stereocenters. The summed E-state index contributed by atoms with van der Waals surface area (Å²) in [5.74, 6) is -0.489. The zero-order chi connectivity index (χ0) is 13.7. The summed E-state index contributed by atoms with van der Waals surface area (Å²) in [6.45, 7) is 3.76. The maximum absolute atomic E-state index is 11.1.